The molecular formula is C22H19F3N4O2S. The maximum Gasteiger partial charge on any atom is 0.416 e. The molecule has 166 valence electrons. The molecule has 6 nitrogen and oxygen atoms in total. The van der Waals surface area contributed by atoms with Crippen LogP contribution in [0.5, 0.6) is 0 Å². The van der Waals surface area contributed by atoms with Crippen LogP contribution in [-0.2, 0) is 38.1 Å². The summed E-state index contributed by atoms with van der Waals surface area (Å²) in [5, 5.41) is 0. The molecule has 1 aliphatic heterocycles. The fraction of sp³-hybridized carbons (Fsp3) is 0.273. The number of rotatable bonds is 4. The predicted octanol–water partition coefficient (Wildman–Crippen LogP) is 3.85. The Morgan fingerprint density at radius 2 is 1.88 bits per heavy atom. The summed E-state index contributed by atoms with van der Waals surface area (Å²) in [5.74, 6) is 1.06. The number of nitrogens with zero attached hydrogens (tertiary/aromatic N) is 4. The first-order valence-corrected chi connectivity index (χ1v) is 10.0. The van der Waals surface area contributed by atoms with Crippen molar-refractivity contribution in [2.45, 2.75) is 32.5 Å². The van der Waals surface area contributed by atoms with E-state index in [-0.39, 0.29) is 17.9 Å². The number of carbonyl (C=O) groups is 1. The summed E-state index contributed by atoms with van der Waals surface area (Å²) in [6.45, 7) is 3.16. The third kappa shape index (κ3) is 5.50. The number of carbonyl (C=O) groups excluding carboxylic acids is 1. The molecule has 1 aromatic carbocycles. The number of ketones is 1. The van der Waals surface area contributed by atoms with Gasteiger partial charge in [-0.1, -0.05) is 24.3 Å². The van der Waals surface area contributed by atoms with Crippen molar-refractivity contribution >= 4 is 24.1 Å². The summed E-state index contributed by atoms with van der Waals surface area (Å²) in [6.07, 6.45) is -2.02. The van der Waals surface area contributed by atoms with Crippen molar-refractivity contribution in [2.75, 3.05) is 11.4 Å². The van der Waals surface area contributed by atoms with Gasteiger partial charge in [-0.3, -0.25) is 4.79 Å². The molecule has 4 rings (SSSR count). The lowest BCUT2D eigenvalue weighted by Gasteiger charge is -2.29. The van der Waals surface area contributed by atoms with Crippen molar-refractivity contribution in [3.8, 4) is 0 Å². The summed E-state index contributed by atoms with van der Waals surface area (Å²) >= 11 is 2.83. The SMILES string of the molecule is Cc1ncc2c(n1)CCN(c1cccc(C(=O)Cc3cccc(C(F)(F)F)c3)n1)C2.O=S. The van der Waals surface area contributed by atoms with E-state index in [0.717, 1.165) is 35.6 Å². The molecule has 0 unspecified atom stereocenters. The quantitative estimate of drug-likeness (QED) is 0.548. The Balaban J connectivity index is 0.00000141. The Morgan fingerprint density at radius 1 is 1.12 bits per heavy atom. The Hall–Kier alpha value is -3.27. The minimum Gasteiger partial charge on any atom is -0.352 e. The second-order valence-electron chi connectivity index (χ2n) is 7.24. The van der Waals surface area contributed by atoms with Gasteiger partial charge < -0.3 is 4.90 Å². The zero-order valence-corrected chi connectivity index (χ0v) is 17.9. The first-order valence-electron chi connectivity index (χ1n) is 9.69. The van der Waals surface area contributed by atoms with Crippen LogP contribution in [0, 0.1) is 6.92 Å². The molecule has 0 atom stereocenters. The molecule has 3 aromatic rings. The number of hydrogen-bond donors (Lipinski definition) is 0. The highest BCUT2D eigenvalue weighted by atomic mass is 32.1. The zero-order valence-electron chi connectivity index (χ0n) is 17.1. The van der Waals surface area contributed by atoms with Gasteiger partial charge in [-0.2, -0.15) is 17.4 Å². The molecule has 0 aliphatic carbocycles. The average Bonchev–Trinajstić information content (AvgIpc) is 2.80. The molecule has 0 bridgehead atoms. The Labute approximate surface area is 188 Å². The topological polar surface area (TPSA) is 76.1 Å². The maximum absolute atomic E-state index is 12.9. The van der Waals surface area contributed by atoms with Crippen molar-refractivity contribution in [3.63, 3.8) is 0 Å². The number of benzene rings is 1. The van der Waals surface area contributed by atoms with E-state index in [0.29, 0.717) is 24.5 Å². The van der Waals surface area contributed by atoms with E-state index in [1.54, 1.807) is 12.1 Å². The predicted molar refractivity (Wildman–Crippen MR) is 113 cm³/mol. The van der Waals surface area contributed by atoms with E-state index in [9.17, 15) is 18.0 Å². The fourth-order valence-electron chi connectivity index (χ4n) is 3.50. The van der Waals surface area contributed by atoms with Gasteiger partial charge in [0.05, 0.1) is 11.3 Å². The lowest BCUT2D eigenvalue weighted by molar-refractivity contribution is -0.137. The van der Waals surface area contributed by atoms with Gasteiger partial charge in [0.2, 0.25) is 0 Å². The highest BCUT2D eigenvalue weighted by molar-refractivity contribution is 7.44. The number of hydrogen-bond acceptors (Lipinski definition) is 7. The largest absolute Gasteiger partial charge is 0.416 e. The standard InChI is InChI=1S/C22H19F3N4O.OS/c1-14-26-12-16-13-29(9-8-18(16)27-14)21-7-3-6-19(28-21)20(30)11-15-4-2-5-17(10-15)22(23,24)25;1-2/h2-7,10,12H,8-9,11,13H2,1H3;. The van der Waals surface area contributed by atoms with Crippen LogP contribution >= 0.6 is 0 Å². The summed E-state index contributed by atoms with van der Waals surface area (Å²) in [6, 6.07) is 9.97. The van der Waals surface area contributed by atoms with Crippen LogP contribution in [0.3, 0.4) is 0 Å². The van der Waals surface area contributed by atoms with E-state index in [1.165, 1.54) is 12.1 Å². The molecule has 0 spiro atoms. The van der Waals surface area contributed by atoms with Gasteiger partial charge in [-0.15, -0.1) is 0 Å². The molecule has 0 N–H and O–H groups in total. The van der Waals surface area contributed by atoms with E-state index in [4.69, 9.17) is 4.21 Å². The van der Waals surface area contributed by atoms with E-state index >= 15 is 0 Å². The van der Waals surface area contributed by atoms with Crippen molar-refractivity contribution in [2.24, 2.45) is 0 Å². The van der Waals surface area contributed by atoms with Gasteiger partial charge in [0, 0.05) is 37.7 Å². The van der Waals surface area contributed by atoms with E-state index < -0.39 is 11.7 Å². The second-order valence-corrected chi connectivity index (χ2v) is 7.24. The molecule has 0 amide bonds. The number of pyridine rings is 1. The Morgan fingerprint density at radius 3 is 2.62 bits per heavy atom. The van der Waals surface area contributed by atoms with Crippen LogP contribution in [-0.4, -0.2) is 31.5 Å². The summed E-state index contributed by atoms with van der Waals surface area (Å²) < 4.78 is 46.5. The number of halogens is 3. The average molecular weight is 460 g/mol. The second kappa shape index (κ2) is 9.90. The smallest absolute Gasteiger partial charge is 0.352 e. The van der Waals surface area contributed by atoms with Gasteiger partial charge in [0.1, 0.15) is 17.3 Å². The molecule has 32 heavy (non-hydrogen) atoms. The van der Waals surface area contributed by atoms with Gasteiger partial charge in [-0.25, -0.2) is 15.0 Å². The van der Waals surface area contributed by atoms with Crippen molar-refractivity contribution in [3.05, 3.63) is 82.6 Å². The number of alkyl halides is 3. The summed E-state index contributed by atoms with van der Waals surface area (Å²) in [7, 11) is 0. The van der Waals surface area contributed by atoms with Gasteiger partial charge in [0.15, 0.2) is 18.3 Å². The van der Waals surface area contributed by atoms with Gasteiger partial charge in [-0.05, 0) is 30.7 Å². The number of Topliss-reactive ketones (excluding diaryl/α,β-unsaturated/α-hetero) is 1. The molecule has 0 saturated carbocycles. The molecule has 1 aliphatic rings. The minimum absolute atomic E-state index is 0.143. The number of aryl methyl sites for hydroxylation is 1. The highest BCUT2D eigenvalue weighted by Crippen LogP contribution is 2.30. The molecule has 0 saturated heterocycles. The summed E-state index contributed by atoms with van der Waals surface area (Å²) in [4.78, 5) is 27.9. The van der Waals surface area contributed by atoms with E-state index in [2.05, 4.69) is 27.5 Å². The monoisotopic (exact) mass is 460 g/mol. The van der Waals surface area contributed by atoms with Crippen molar-refractivity contribution < 1.29 is 22.2 Å². The van der Waals surface area contributed by atoms with Crippen LogP contribution in [0.15, 0.2) is 48.7 Å². The molecule has 3 heterocycles. The van der Waals surface area contributed by atoms with Crippen LogP contribution in [0.25, 0.3) is 0 Å². The first-order chi connectivity index (χ1) is 15.3. The normalized spacial score (nSPS) is 13.1. The lowest BCUT2D eigenvalue weighted by Crippen LogP contribution is -2.32. The zero-order chi connectivity index (χ0) is 23.3. The Kier molecular flexibility index (Phi) is 7.24. The first kappa shape index (κ1) is 23.4. The maximum atomic E-state index is 12.9. The van der Waals surface area contributed by atoms with Crippen LogP contribution in [0.1, 0.15) is 38.7 Å². The number of fused-ring (bicyclic) bond motifs is 1. The van der Waals surface area contributed by atoms with Crippen molar-refractivity contribution in [1.82, 2.24) is 15.0 Å². The fourth-order valence-corrected chi connectivity index (χ4v) is 3.50. The summed E-state index contributed by atoms with van der Waals surface area (Å²) in [5.41, 5.74) is 1.82. The van der Waals surface area contributed by atoms with Crippen LogP contribution in [0.4, 0.5) is 19.0 Å². The molecular weight excluding hydrogens is 441 g/mol. The van der Waals surface area contributed by atoms with Gasteiger partial charge in [0.25, 0.3) is 0 Å². The lowest BCUT2D eigenvalue weighted by atomic mass is 10.0. The van der Waals surface area contributed by atoms with Gasteiger partial charge >= 0.3 is 6.18 Å². The van der Waals surface area contributed by atoms with Crippen LogP contribution in [0.2, 0.25) is 0 Å². The minimum atomic E-state index is -4.44. The Bertz CT molecular complexity index is 1120. The number of aromatic nitrogens is 3. The molecule has 0 radical (unpaired) electrons. The molecule has 0 fully saturated rings. The molecule has 2 aromatic heterocycles. The van der Waals surface area contributed by atoms with Crippen molar-refractivity contribution in [1.29, 1.82) is 0 Å². The van der Waals surface area contributed by atoms with Crippen LogP contribution < -0.4 is 4.90 Å². The third-order valence-electron chi connectivity index (χ3n) is 5.02. The molecule has 10 heteroatoms. The van der Waals surface area contributed by atoms with E-state index in [1.807, 2.05) is 24.1 Å². The number of anilines is 1. The highest BCUT2D eigenvalue weighted by Gasteiger charge is 2.30. The third-order valence-corrected chi connectivity index (χ3v) is 5.02.